The first-order valence-corrected chi connectivity index (χ1v) is 36.6. The Hall–Kier alpha value is -4.20. The van der Waals surface area contributed by atoms with Crippen LogP contribution in [0.5, 0.6) is 23.0 Å². The highest BCUT2D eigenvalue weighted by Crippen LogP contribution is 2.43. The smallest absolute Gasteiger partial charge is 0.187 e. The van der Waals surface area contributed by atoms with E-state index in [1.54, 1.807) is 60.7 Å². The fourth-order valence-corrected chi connectivity index (χ4v) is 15.7. The number of aliphatic hydroxyl groups is 5. The lowest BCUT2D eigenvalue weighted by Crippen LogP contribution is -2.69. The molecule has 0 amide bonds. The highest BCUT2D eigenvalue weighted by Gasteiger charge is 2.62. The molecule has 0 radical (unpaired) electrons. The Labute approximate surface area is 645 Å². The van der Waals surface area contributed by atoms with Crippen LogP contribution in [0.1, 0.15) is 0 Å². The molecule has 0 aromatic heterocycles. The number of benzene rings is 2. The normalized spacial score (nSPS) is 41.8. The molecule has 37 nitrogen and oxygen atoms in total. The van der Waals surface area contributed by atoms with E-state index in [1.165, 1.54) is 99.5 Å². The third kappa shape index (κ3) is 19.8. The van der Waals surface area contributed by atoms with Crippen LogP contribution >= 0.6 is 0 Å². The van der Waals surface area contributed by atoms with Crippen molar-refractivity contribution in [2.24, 2.45) is 0 Å². The zero-order valence-electron chi connectivity index (χ0n) is 65.1. The highest BCUT2D eigenvalue weighted by molar-refractivity contribution is 5.32. The van der Waals surface area contributed by atoms with Crippen molar-refractivity contribution in [3.8, 4) is 23.0 Å². The number of ether oxygens (including phenoxy) is 32. The largest absolute Gasteiger partial charge is 0.491 e. The lowest BCUT2D eigenvalue weighted by atomic mass is 9.94. The summed E-state index contributed by atoms with van der Waals surface area (Å²) in [6.07, 6.45) is -40.7. The summed E-state index contributed by atoms with van der Waals surface area (Å²) in [7, 11) is 19.7. The monoisotopic (exact) mass is 1590 g/mol. The molecular formula is C74H114O37. The van der Waals surface area contributed by atoms with Gasteiger partial charge in [0.15, 0.2) is 44.0 Å². The van der Waals surface area contributed by atoms with E-state index in [0.29, 0.717) is 23.0 Å². The molecule has 21 aliphatic heterocycles. The van der Waals surface area contributed by atoms with Gasteiger partial charge in [-0.15, -0.1) is 0 Å². The van der Waals surface area contributed by atoms with E-state index in [9.17, 15) is 25.5 Å². The Morgan fingerprint density at radius 3 is 0.541 bits per heavy atom. The zero-order chi connectivity index (χ0) is 79.6. The Kier molecular flexibility index (Phi) is 34.8. The topological polar surface area (TPSA) is 397 Å². The summed E-state index contributed by atoms with van der Waals surface area (Å²) in [4.78, 5) is 0. The number of rotatable bonds is 31. The first-order valence-electron chi connectivity index (χ1n) is 36.6. The first-order chi connectivity index (χ1) is 54.1. The van der Waals surface area contributed by atoms with Gasteiger partial charge in [0.2, 0.25) is 0 Å². The lowest BCUT2D eigenvalue weighted by Gasteiger charge is -2.52. The van der Waals surface area contributed by atoms with Crippen LogP contribution in [0.25, 0.3) is 0 Å². The fraction of sp³-hybridized carbons (Fsp3) is 0.784. The minimum absolute atomic E-state index is 0.259. The van der Waals surface area contributed by atoms with Crippen LogP contribution in [-0.2, 0) is 133 Å². The molecule has 0 aliphatic carbocycles. The van der Waals surface area contributed by atoms with Crippen LogP contribution in [0.15, 0.2) is 73.8 Å². The number of aliphatic hydroxyl groups excluding tert-OH is 5. The predicted molar refractivity (Wildman–Crippen MR) is 377 cm³/mol. The van der Waals surface area contributed by atoms with E-state index in [1.807, 2.05) is 0 Å². The summed E-state index contributed by atoms with van der Waals surface area (Å²) in [5.41, 5.74) is 0. The van der Waals surface area contributed by atoms with Crippen LogP contribution in [0.4, 0.5) is 0 Å². The van der Waals surface area contributed by atoms with E-state index in [-0.39, 0.29) is 26.4 Å². The Balaban J connectivity index is 1.05. The molecule has 21 saturated heterocycles. The number of hydrogen-bond acceptors (Lipinski definition) is 37. The van der Waals surface area contributed by atoms with E-state index < -0.39 is 248 Å². The van der Waals surface area contributed by atoms with Crippen molar-refractivity contribution in [1.82, 2.24) is 0 Å². The molecule has 0 spiro atoms. The van der Waals surface area contributed by atoms with Crippen LogP contribution < -0.4 is 18.9 Å². The summed E-state index contributed by atoms with van der Waals surface area (Å²) in [6, 6.07) is 13.7. The zero-order valence-corrected chi connectivity index (χ0v) is 65.1. The van der Waals surface area contributed by atoms with Gasteiger partial charge in [0, 0.05) is 99.5 Å². The fourth-order valence-electron chi connectivity index (χ4n) is 15.7. The van der Waals surface area contributed by atoms with Gasteiger partial charge in [0.1, 0.15) is 220 Å². The van der Waals surface area contributed by atoms with Gasteiger partial charge in [-0.1, -0.05) is 25.3 Å². The van der Waals surface area contributed by atoms with Crippen molar-refractivity contribution in [3.63, 3.8) is 0 Å². The third-order valence-electron chi connectivity index (χ3n) is 21.1. The minimum Gasteiger partial charge on any atom is -0.491 e. The Morgan fingerprint density at radius 1 is 0.234 bits per heavy atom. The van der Waals surface area contributed by atoms with Gasteiger partial charge in [-0.25, -0.2) is 0 Å². The van der Waals surface area contributed by atoms with Gasteiger partial charge in [0.25, 0.3) is 0 Å². The van der Waals surface area contributed by atoms with Crippen LogP contribution in [0.2, 0.25) is 0 Å². The quantitative estimate of drug-likeness (QED) is 0.0579. The number of methoxy groups -OCH3 is 14. The van der Waals surface area contributed by atoms with E-state index in [0.717, 1.165) is 0 Å². The highest BCUT2D eigenvalue weighted by atomic mass is 16.8. The van der Waals surface area contributed by atoms with E-state index >= 15 is 0 Å². The minimum atomic E-state index is -1.44. The summed E-state index contributed by atoms with van der Waals surface area (Å²) in [5, 5.41) is 57.0. The van der Waals surface area contributed by atoms with Crippen LogP contribution in [-0.4, -0.2) is 399 Å². The van der Waals surface area contributed by atoms with Crippen molar-refractivity contribution >= 4 is 0 Å². The molecule has 2 aromatic rings. The van der Waals surface area contributed by atoms with Gasteiger partial charge in [-0.2, -0.15) is 0 Å². The second kappa shape index (κ2) is 43.3. The Morgan fingerprint density at radius 2 is 0.387 bits per heavy atom. The van der Waals surface area contributed by atoms with E-state index in [2.05, 4.69) is 13.2 Å². The molecule has 2 aromatic carbocycles. The maximum absolute atomic E-state index is 11.5. The standard InChI is InChI=1S/C74H114O37/c1-17-27-94-36-19-23-38(24-20-36)96-34-45-52-59(85-8)67(93-16)74(104-45)109-51-44(33-79)100-70(63(89-12)58(51)84-7)107-49-42(31-77)102-72(65(91-14)56(49)82-5)111-53-46(35-97-39-25-21-37(22-26-39)95-28-18-2)103-73(66(92-15)60(53)86-9)108-50-43(32-78)99-69(62(88-11)57(50)83-6)105-47-40(29-75)98-68(61(87-10)54(47)80-3)106-48-41(30-76)101-71(110-52)64(90-13)55(48)81-4/h17-26,40-79H,1-2,27-35H2,3-16H3/t40-,41-,42-,43-,44-,45-,46-,47-,48-,49-,50-,51-,52-,53-,54+,55+,56+,57+,58+,59+,60+,61-,62-,63-,64-,65-,66-,67-,68-,69-,70-,71-,72-,73-,74-/m1/s1. The summed E-state index contributed by atoms with van der Waals surface area (Å²) in [6.45, 7) is 3.97. The van der Waals surface area contributed by atoms with Crippen molar-refractivity contribution in [1.29, 1.82) is 0 Å². The third-order valence-corrected chi connectivity index (χ3v) is 21.1. The number of hydrogen-bond donors (Lipinski definition) is 5. The van der Waals surface area contributed by atoms with Gasteiger partial charge in [-0.05, 0) is 48.5 Å². The van der Waals surface area contributed by atoms with E-state index in [4.69, 9.17) is 152 Å². The molecular weight excluding hydrogens is 1480 g/mol. The average Bonchev–Trinajstić information content (AvgIpc) is 0.783. The van der Waals surface area contributed by atoms with Gasteiger partial charge in [-0.3, -0.25) is 0 Å². The molecule has 21 heterocycles. The summed E-state index contributed by atoms with van der Waals surface area (Å²) >= 11 is 0. The molecule has 632 valence electrons. The van der Waals surface area contributed by atoms with Crippen molar-refractivity contribution in [2.75, 3.05) is 159 Å². The molecule has 14 bridgehead atoms. The summed E-state index contributed by atoms with van der Waals surface area (Å²) in [5.74, 6) is 1.89. The van der Waals surface area contributed by atoms with Crippen LogP contribution in [0, 0.1) is 0 Å². The molecule has 37 heteroatoms. The molecule has 21 aliphatic rings. The lowest BCUT2D eigenvalue weighted by molar-refractivity contribution is -0.402. The maximum Gasteiger partial charge on any atom is 0.187 e. The predicted octanol–water partition coefficient (Wildman–Crippen LogP) is -0.770. The van der Waals surface area contributed by atoms with Crippen LogP contribution in [0.3, 0.4) is 0 Å². The molecule has 111 heavy (non-hydrogen) atoms. The summed E-state index contributed by atoms with van der Waals surface area (Å²) < 4.78 is 207. The maximum atomic E-state index is 11.5. The molecule has 0 unspecified atom stereocenters. The average molecular weight is 1600 g/mol. The molecule has 21 fully saturated rings. The SMILES string of the molecule is C=CCOc1ccc(OC[C@H]2O[C@@H]3O[C@H]4[C@H](OC)[C@@H](OC)[C@@H](O[C@H]5[C@H](OC)[C@@H](OC)[C@@H](O[C@H]6[C@H](OC)[C@@H](OC)[C@@H](O[C@H]7[C@H](OC)[C@@H](OC)[C@@H](O[C@H]8[C@H](OC)[C@@H](OC)[C@@H](O[C@H]9[C@H](OC)[C@@H](OC)[C@@H](O[C@H]2[C@H](OC)[C@H]3OC)O[C@@H]9CO)O[C@@H]8CO)O[C@@H]7CO)O[C@@H]6COc2ccc(OCC=C)cc2)O[C@@H]5CO)O[C@@H]4CO)cc1. The van der Waals surface area contributed by atoms with Crippen molar-refractivity contribution < 1.29 is 177 Å². The molecule has 35 atom stereocenters. The molecule has 23 rings (SSSR count). The second-order valence-corrected chi connectivity index (χ2v) is 27.0. The van der Waals surface area contributed by atoms with Crippen molar-refractivity contribution in [2.45, 2.75) is 215 Å². The molecule has 0 saturated carbocycles. The van der Waals surface area contributed by atoms with Gasteiger partial charge in [0.05, 0.1) is 33.0 Å². The van der Waals surface area contributed by atoms with Gasteiger partial charge >= 0.3 is 0 Å². The van der Waals surface area contributed by atoms with Gasteiger partial charge < -0.3 is 177 Å². The van der Waals surface area contributed by atoms with Crippen molar-refractivity contribution in [3.05, 3.63) is 73.8 Å². The first kappa shape index (κ1) is 89.2. The second-order valence-electron chi connectivity index (χ2n) is 27.0. The molecule has 5 N–H and O–H groups in total. The Bertz CT molecular complexity index is 2940.